The lowest BCUT2D eigenvalue weighted by Gasteiger charge is -2.38. The maximum absolute atomic E-state index is 13.7. The van der Waals surface area contributed by atoms with Crippen LogP contribution in [-0.2, 0) is 10.0 Å². The minimum atomic E-state index is -3.78. The Morgan fingerprint density at radius 2 is 1.95 bits per heavy atom. The summed E-state index contributed by atoms with van der Waals surface area (Å²) in [6.45, 7) is 3.63. The molecule has 0 bridgehead atoms. The number of nitrogens with zero attached hydrogens (tertiary/aromatic N) is 2. The van der Waals surface area contributed by atoms with Crippen LogP contribution < -0.4 is 24.8 Å². The summed E-state index contributed by atoms with van der Waals surface area (Å²) < 4.78 is 44.9. The van der Waals surface area contributed by atoms with Gasteiger partial charge in [0.25, 0.3) is 15.9 Å². The fourth-order valence-electron chi connectivity index (χ4n) is 4.73. The van der Waals surface area contributed by atoms with Crippen LogP contribution in [0.25, 0.3) is 0 Å². The Morgan fingerprint density at radius 3 is 2.69 bits per heavy atom. The Kier molecular flexibility index (Phi) is 8.59. The van der Waals surface area contributed by atoms with E-state index in [4.69, 9.17) is 14.2 Å². The molecule has 0 saturated carbocycles. The van der Waals surface area contributed by atoms with Crippen molar-refractivity contribution in [2.45, 2.75) is 30.2 Å². The highest BCUT2D eigenvalue weighted by atomic mass is 32.2. The Hall–Kier alpha value is -3.85. The maximum atomic E-state index is 13.7. The van der Waals surface area contributed by atoms with Crippen molar-refractivity contribution in [1.82, 2.24) is 9.21 Å². The van der Waals surface area contributed by atoms with Gasteiger partial charge in [-0.2, -0.15) is 4.31 Å². The molecule has 224 valence electrons. The van der Waals surface area contributed by atoms with Crippen LogP contribution in [0.5, 0.6) is 17.2 Å². The first-order chi connectivity index (χ1) is 20.1. The number of rotatable bonds is 8. The average molecular weight is 617 g/mol. The van der Waals surface area contributed by atoms with Crippen LogP contribution >= 0.6 is 11.3 Å². The molecular formula is C28H32N4O8S2. The number of thiophene rings is 1. The number of anilines is 2. The number of benzene rings is 2. The highest BCUT2D eigenvalue weighted by Crippen LogP contribution is 2.37. The van der Waals surface area contributed by atoms with Gasteiger partial charge >= 0.3 is 6.03 Å². The van der Waals surface area contributed by atoms with E-state index in [1.807, 2.05) is 6.92 Å². The first-order valence-corrected chi connectivity index (χ1v) is 15.6. The Balaban J connectivity index is 1.45. The number of amides is 3. The molecule has 2 aliphatic heterocycles. The third-order valence-corrected chi connectivity index (χ3v) is 10.4. The van der Waals surface area contributed by atoms with Crippen molar-refractivity contribution in [2.24, 2.45) is 5.92 Å². The van der Waals surface area contributed by atoms with Crippen molar-refractivity contribution in [1.29, 1.82) is 0 Å². The van der Waals surface area contributed by atoms with Crippen molar-refractivity contribution in [3.8, 4) is 17.2 Å². The second-order valence-electron chi connectivity index (χ2n) is 10.2. The lowest BCUT2D eigenvalue weighted by molar-refractivity contribution is 0.0389. The average Bonchev–Trinajstić information content (AvgIpc) is 3.67. The van der Waals surface area contributed by atoms with Gasteiger partial charge in [-0.05, 0) is 42.6 Å². The molecule has 0 aliphatic carbocycles. The number of sulfonamides is 1. The molecule has 14 heteroatoms. The second-order valence-corrected chi connectivity index (χ2v) is 13.4. The molecule has 3 heterocycles. The second kappa shape index (κ2) is 12.2. The zero-order valence-electron chi connectivity index (χ0n) is 23.3. The van der Waals surface area contributed by atoms with Crippen LogP contribution in [0, 0.1) is 5.92 Å². The molecule has 42 heavy (non-hydrogen) atoms. The number of hydrogen-bond acceptors (Lipinski definition) is 9. The molecule has 0 spiro atoms. The number of carbonyl (C=O) groups excluding carboxylic acids is 2. The van der Waals surface area contributed by atoms with Crippen LogP contribution in [0.4, 0.5) is 16.2 Å². The van der Waals surface area contributed by atoms with Gasteiger partial charge in [0.2, 0.25) is 6.79 Å². The number of ether oxygens (including phenoxy) is 3. The van der Waals surface area contributed by atoms with Gasteiger partial charge in [0, 0.05) is 31.3 Å². The number of urea groups is 1. The summed E-state index contributed by atoms with van der Waals surface area (Å²) in [5, 5.41) is 17.1. The number of hydrogen-bond donors (Lipinski definition) is 3. The fraction of sp³-hybridized carbons (Fsp3) is 0.357. The van der Waals surface area contributed by atoms with Crippen LogP contribution in [0.1, 0.15) is 24.2 Å². The van der Waals surface area contributed by atoms with E-state index < -0.39 is 28.2 Å². The number of aliphatic hydroxyl groups excluding tert-OH is 1. The number of fused-ring (bicyclic) bond motifs is 2. The molecule has 3 amide bonds. The molecule has 2 aromatic carbocycles. The number of likely N-dealkylation sites (N-methyl/N-ethyl adjacent to an activating group) is 1. The summed E-state index contributed by atoms with van der Waals surface area (Å²) in [5.74, 6) is 0.467. The fourth-order valence-corrected chi connectivity index (χ4v) is 7.12. The third-order valence-electron chi connectivity index (χ3n) is 7.17. The van der Waals surface area contributed by atoms with Crippen molar-refractivity contribution in [3.05, 3.63) is 59.5 Å². The first-order valence-electron chi connectivity index (χ1n) is 13.3. The summed E-state index contributed by atoms with van der Waals surface area (Å²) in [5.41, 5.74) is 0.859. The summed E-state index contributed by atoms with van der Waals surface area (Å²) >= 11 is 1.12. The maximum Gasteiger partial charge on any atom is 0.323 e. The largest absolute Gasteiger partial charge is 0.486 e. The zero-order chi connectivity index (χ0) is 30.0. The van der Waals surface area contributed by atoms with Crippen molar-refractivity contribution in [3.63, 3.8) is 0 Å². The number of aliphatic hydroxyl groups is 1. The molecule has 2 aliphatic rings. The van der Waals surface area contributed by atoms with Crippen molar-refractivity contribution in [2.75, 3.05) is 44.2 Å². The normalized spacial score (nSPS) is 19.0. The summed E-state index contributed by atoms with van der Waals surface area (Å²) in [6.07, 6.45) is -0.704. The smallest absolute Gasteiger partial charge is 0.323 e. The van der Waals surface area contributed by atoms with E-state index in [9.17, 15) is 23.1 Å². The summed E-state index contributed by atoms with van der Waals surface area (Å²) in [6, 6.07) is 11.9. The minimum absolute atomic E-state index is 0.0197. The van der Waals surface area contributed by atoms with Crippen LogP contribution in [0.2, 0.25) is 0 Å². The molecule has 3 atom stereocenters. The van der Waals surface area contributed by atoms with E-state index in [2.05, 4.69) is 10.6 Å². The highest BCUT2D eigenvalue weighted by molar-refractivity contribution is 7.91. The Labute approximate surface area is 247 Å². The highest BCUT2D eigenvalue weighted by Gasteiger charge is 2.36. The summed E-state index contributed by atoms with van der Waals surface area (Å²) in [4.78, 5) is 28.3. The van der Waals surface area contributed by atoms with Gasteiger partial charge in [0.15, 0.2) is 17.2 Å². The molecule has 0 radical (unpaired) electrons. The van der Waals surface area contributed by atoms with Gasteiger partial charge < -0.3 is 34.9 Å². The molecule has 3 aromatic rings. The lowest BCUT2D eigenvalue weighted by Crippen LogP contribution is -2.50. The number of para-hydroxylation sites is 1. The molecule has 1 aromatic heterocycles. The molecule has 5 rings (SSSR count). The van der Waals surface area contributed by atoms with Gasteiger partial charge in [-0.1, -0.05) is 19.1 Å². The van der Waals surface area contributed by atoms with Gasteiger partial charge in [-0.25, -0.2) is 13.2 Å². The molecule has 12 nitrogen and oxygen atoms in total. The van der Waals surface area contributed by atoms with E-state index in [1.54, 1.807) is 65.7 Å². The molecule has 0 unspecified atom stereocenters. The van der Waals surface area contributed by atoms with Crippen molar-refractivity contribution >= 4 is 44.7 Å². The quantitative estimate of drug-likeness (QED) is 0.348. The van der Waals surface area contributed by atoms with E-state index in [0.717, 1.165) is 11.3 Å². The van der Waals surface area contributed by atoms with Crippen LogP contribution in [0.15, 0.2) is 58.1 Å². The van der Waals surface area contributed by atoms with Gasteiger partial charge in [-0.3, -0.25) is 4.79 Å². The van der Waals surface area contributed by atoms with Gasteiger partial charge in [0.1, 0.15) is 10.3 Å². The molecule has 0 fully saturated rings. The first kappa shape index (κ1) is 29.6. The third kappa shape index (κ3) is 6.02. The van der Waals surface area contributed by atoms with Crippen LogP contribution in [-0.4, -0.2) is 80.4 Å². The Bertz CT molecular complexity index is 1560. The SMILES string of the molecule is C[C@H](CO)N1C[C@H](C)[C@@H](CN(C)S(=O)(=O)c2cccs2)Oc2c(NC(=O)Nc3ccc4c(c3)OCO4)cccc2C1=O. The zero-order valence-corrected chi connectivity index (χ0v) is 24.9. The molecular weight excluding hydrogens is 584 g/mol. The van der Waals surface area contributed by atoms with E-state index in [-0.39, 0.29) is 59.5 Å². The topological polar surface area (TPSA) is 147 Å². The van der Waals surface area contributed by atoms with E-state index in [1.165, 1.54) is 11.4 Å². The Morgan fingerprint density at radius 1 is 1.17 bits per heavy atom. The standard InChI is InChI=1S/C28H32N4O8S2/c1-17-13-32(18(2)15-33)27(34)20-6-4-7-21(30-28(35)29-19-9-10-22-23(12-19)39-16-38-22)26(20)40-24(17)14-31(3)42(36,37)25-8-5-11-41-25/h4-12,17-18,24,33H,13-16H2,1-3H3,(H2,29,30,35)/t17-,18+,24+/m0/s1. The lowest BCUT2D eigenvalue weighted by atomic mass is 9.99. The summed E-state index contributed by atoms with van der Waals surface area (Å²) in [7, 11) is -2.30. The predicted molar refractivity (Wildman–Crippen MR) is 157 cm³/mol. The van der Waals surface area contributed by atoms with Crippen LogP contribution in [0.3, 0.4) is 0 Å². The molecule has 0 saturated heterocycles. The van der Waals surface area contributed by atoms with Gasteiger partial charge in [-0.15, -0.1) is 11.3 Å². The monoisotopic (exact) mass is 616 g/mol. The molecule has 3 N–H and O–H groups in total. The number of carbonyl (C=O) groups is 2. The number of nitrogens with one attached hydrogen (secondary N) is 2. The van der Waals surface area contributed by atoms with Gasteiger partial charge in [0.05, 0.1) is 30.4 Å². The van der Waals surface area contributed by atoms with Crippen molar-refractivity contribution < 1.29 is 37.3 Å². The minimum Gasteiger partial charge on any atom is -0.486 e. The van der Waals surface area contributed by atoms with E-state index in [0.29, 0.717) is 17.2 Å². The van der Waals surface area contributed by atoms with E-state index >= 15 is 0 Å². The predicted octanol–water partition coefficient (Wildman–Crippen LogP) is 3.66.